The zero-order valence-corrected chi connectivity index (χ0v) is 20.1. The molecule has 3 aromatic rings. The van der Waals surface area contributed by atoms with Crippen LogP contribution in [0, 0.1) is 6.92 Å². The zero-order chi connectivity index (χ0) is 24.5. The number of carbonyl (C=O) groups excluding carboxylic acids is 3. The third-order valence-corrected chi connectivity index (χ3v) is 5.15. The van der Waals surface area contributed by atoms with Crippen molar-refractivity contribution in [2.75, 3.05) is 13.7 Å². The molecule has 0 aromatic heterocycles. The van der Waals surface area contributed by atoms with Gasteiger partial charge in [0.05, 0.1) is 25.4 Å². The Morgan fingerprint density at radius 3 is 2.53 bits per heavy atom. The summed E-state index contributed by atoms with van der Waals surface area (Å²) in [6, 6.07) is 18.8. The third-order valence-electron chi connectivity index (χ3n) is 4.65. The highest BCUT2D eigenvalue weighted by atomic mass is 79.9. The zero-order valence-electron chi connectivity index (χ0n) is 18.5. The smallest absolute Gasteiger partial charge is 0.343 e. The van der Waals surface area contributed by atoms with Gasteiger partial charge < -0.3 is 14.8 Å². The fraction of sp³-hybridized carbons (Fsp3) is 0.120. The Morgan fingerprint density at radius 2 is 1.79 bits per heavy atom. The van der Waals surface area contributed by atoms with Crippen molar-refractivity contribution >= 4 is 39.9 Å². The largest absolute Gasteiger partial charge is 0.493 e. The number of aryl methyl sites for hydroxylation is 1. The molecule has 3 aromatic carbocycles. The molecular weight excluding hydrogens is 502 g/mol. The quantitative estimate of drug-likeness (QED) is 0.202. The number of hydrogen-bond donors (Lipinski definition) is 2. The molecule has 0 aliphatic rings. The number of halogens is 1. The van der Waals surface area contributed by atoms with Gasteiger partial charge in [0.15, 0.2) is 11.5 Å². The van der Waals surface area contributed by atoms with Crippen LogP contribution in [0.15, 0.2) is 76.3 Å². The summed E-state index contributed by atoms with van der Waals surface area (Å²) in [7, 11) is 1.45. The summed E-state index contributed by atoms with van der Waals surface area (Å²) in [5.74, 6) is -0.780. The minimum Gasteiger partial charge on any atom is -0.493 e. The highest BCUT2D eigenvalue weighted by molar-refractivity contribution is 9.10. The van der Waals surface area contributed by atoms with E-state index in [2.05, 4.69) is 31.8 Å². The van der Waals surface area contributed by atoms with Crippen LogP contribution in [-0.4, -0.2) is 37.7 Å². The first-order chi connectivity index (χ1) is 16.4. The SMILES string of the molecule is COc1cc(/C=N/NC(=O)CNC(=O)c2ccccc2C)ccc1OC(=O)c1cccc(Br)c1. The lowest BCUT2D eigenvalue weighted by Crippen LogP contribution is -2.35. The van der Waals surface area contributed by atoms with E-state index in [0.717, 1.165) is 10.0 Å². The lowest BCUT2D eigenvalue weighted by atomic mass is 10.1. The van der Waals surface area contributed by atoms with E-state index >= 15 is 0 Å². The van der Waals surface area contributed by atoms with Crippen LogP contribution in [0.3, 0.4) is 0 Å². The van der Waals surface area contributed by atoms with Crippen LogP contribution in [0.4, 0.5) is 0 Å². The Hall–Kier alpha value is -3.98. The van der Waals surface area contributed by atoms with Crippen molar-refractivity contribution in [1.82, 2.24) is 10.7 Å². The summed E-state index contributed by atoms with van der Waals surface area (Å²) in [6.07, 6.45) is 1.41. The van der Waals surface area contributed by atoms with Gasteiger partial charge in [-0.1, -0.05) is 40.2 Å². The van der Waals surface area contributed by atoms with Gasteiger partial charge >= 0.3 is 5.97 Å². The molecule has 0 bridgehead atoms. The van der Waals surface area contributed by atoms with Gasteiger partial charge in [0.25, 0.3) is 11.8 Å². The standard InChI is InChI=1S/C25H22BrN3O5/c1-16-6-3-4-9-20(16)24(31)27-15-23(30)29-28-14-17-10-11-21(22(12-17)33-2)34-25(32)18-7-5-8-19(26)13-18/h3-14H,15H2,1-2H3,(H,27,31)(H,29,30)/b28-14+. The molecular formula is C25H22BrN3O5. The first kappa shape index (κ1) is 24.7. The number of esters is 1. The lowest BCUT2D eigenvalue weighted by Gasteiger charge is -2.10. The van der Waals surface area contributed by atoms with Gasteiger partial charge in [0.2, 0.25) is 0 Å². The van der Waals surface area contributed by atoms with Crippen LogP contribution in [-0.2, 0) is 4.79 Å². The van der Waals surface area contributed by atoms with Gasteiger partial charge in [-0.05, 0) is 60.5 Å². The van der Waals surface area contributed by atoms with Gasteiger partial charge in [0.1, 0.15) is 0 Å². The van der Waals surface area contributed by atoms with Crippen LogP contribution in [0.1, 0.15) is 31.8 Å². The third kappa shape index (κ3) is 6.76. The molecule has 3 rings (SSSR count). The second-order valence-corrected chi connectivity index (χ2v) is 8.02. The Morgan fingerprint density at radius 1 is 1.00 bits per heavy atom. The number of rotatable bonds is 8. The molecule has 0 saturated heterocycles. The van der Waals surface area contributed by atoms with E-state index in [9.17, 15) is 14.4 Å². The fourth-order valence-electron chi connectivity index (χ4n) is 2.92. The Labute approximate surface area is 205 Å². The van der Waals surface area contributed by atoms with Gasteiger partial charge in [-0.3, -0.25) is 9.59 Å². The maximum atomic E-state index is 12.4. The van der Waals surface area contributed by atoms with Crippen molar-refractivity contribution < 1.29 is 23.9 Å². The monoisotopic (exact) mass is 523 g/mol. The second-order valence-electron chi connectivity index (χ2n) is 7.10. The number of benzene rings is 3. The van der Waals surface area contributed by atoms with Crippen molar-refractivity contribution in [3.05, 3.63) is 93.5 Å². The van der Waals surface area contributed by atoms with Crippen molar-refractivity contribution in [2.24, 2.45) is 5.10 Å². The van der Waals surface area contributed by atoms with Crippen LogP contribution < -0.4 is 20.2 Å². The molecule has 0 spiro atoms. The highest BCUT2D eigenvalue weighted by Gasteiger charge is 2.13. The number of nitrogens with zero attached hydrogens (tertiary/aromatic N) is 1. The predicted molar refractivity (Wildman–Crippen MR) is 131 cm³/mol. The molecule has 9 heteroatoms. The number of methoxy groups -OCH3 is 1. The van der Waals surface area contributed by atoms with Crippen LogP contribution in [0.5, 0.6) is 11.5 Å². The minimum atomic E-state index is -0.527. The molecule has 0 fully saturated rings. The summed E-state index contributed by atoms with van der Waals surface area (Å²) in [5, 5.41) is 6.44. The maximum absolute atomic E-state index is 12.4. The number of ether oxygens (including phenoxy) is 2. The molecule has 0 aliphatic carbocycles. The lowest BCUT2D eigenvalue weighted by molar-refractivity contribution is -0.120. The van der Waals surface area contributed by atoms with Gasteiger partial charge in [-0.2, -0.15) is 5.10 Å². The molecule has 0 radical (unpaired) electrons. The molecule has 0 aliphatic heterocycles. The molecule has 34 heavy (non-hydrogen) atoms. The second kappa shape index (κ2) is 11.8. The Balaban J connectivity index is 1.55. The van der Waals surface area contributed by atoms with E-state index in [0.29, 0.717) is 22.4 Å². The normalized spacial score (nSPS) is 10.6. The van der Waals surface area contributed by atoms with E-state index in [4.69, 9.17) is 9.47 Å². The molecule has 8 nitrogen and oxygen atoms in total. The highest BCUT2D eigenvalue weighted by Crippen LogP contribution is 2.28. The van der Waals surface area contributed by atoms with Crippen LogP contribution in [0.2, 0.25) is 0 Å². The van der Waals surface area contributed by atoms with Crippen molar-refractivity contribution in [1.29, 1.82) is 0 Å². The van der Waals surface area contributed by atoms with Crippen LogP contribution >= 0.6 is 15.9 Å². The number of carbonyl (C=O) groups is 3. The molecule has 0 atom stereocenters. The summed E-state index contributed by atoms with van der Waals surface area (Å²) in [4.78, 5) is 36.5. The summed E-state index contributed by atoms with van der Waals surface area (Å²) in [6.45, 7) is 1.60. The fourth-order valence-corrected chi connectivity index (χ4v) is 3.32. The summed E-state index contributed by atoms with van der Waals surface area (Å²) < 4.78 is 11.5. The van der Waals surface area contributed by atoms with Gasteiger partial charge in [-0.25, -0.2) is 10.2 Å². The number of amides is 2. The molecule has 0 unspecified atom stereocenters. The molecule has 174 valence electrons. The van der Waals surface area contributed by atoms with E-state index in [1.165, 1.54) is 13.3 Å². The number of nitrogens with one attached hydrogen (secondary N) is 2. The molecule has 0 heterocycles. The molecule has 2 amide bonds. The van der Waals surface area contributed by atoms with Crippen molar-refractivity contribution in [3.8, 4) is 11.5 Å². The van der Waals surface area contributed by atoms with E-state index < -0.39 is 11.9 Å². The average molecular weight is 524 g/mol. The van der Waals surface area contributed by atoms with Crippen molar-refractivity contribution in [3.63, 3.8) is 0 Å². The average Bonchev–Trinajstić information content (AvgIpc) is 2.83. The number of hydrogen-bond acceptors (Lipinski definition) is 6. The maximum Gasteiger partial charge on any atom is 0.343 e. The van der Waals surface area contributed by atoms with Crippen molar-refractivity contribution in [2.45, 2.75) is 6.92 Å². The number of hydrazone groups is 1. The van der Waals surface area contributed by atoms with E-state index in [1.807, 2.05) is 25.1 Å². The summed E-state index contributed by atoms with van der Waals surface area (Å²) >= 11 is 3.32. The first-order valence-corrected chi connectivity index (χ1v) is 11.0. The van der Waals surface area contributed by atoms with Gasteiger partial charge in [-0.15, -0.1) is 0 Å². The van der Waals surface area contributed by atoms with E-state index in [-0.39, 0.29) is 18.2 Å². The minimum absolute atomic E-state index is 0.224. The van der Waals surface area contributed by atoms with Crippen LogP contribution in [0.25, 0.3) is 0 Å². The van der Waals surface area contributed by atoms with E-state index in [1.54, 1.807) is 48.5 Å². The first-order valence-electron chi connectivity index (χ1n) is 10.2. The molecule has 2 N–H and O–H groups in total. The topological polar surface area (TPSA) is 106 Å². The van der Waals surface area contributed by atoms with Gasteiger partial charge in [0, 0.05) is 10.0 Å². The predicted octanol–water partition coefficient (Wildman–Crippen LogP) is 3.87. The summed E-state index contributed by atoms with van der Waals surface area (Å²) in [5.41, 5.74) is 4.66. The molecule has 0 saturated carbocycles. The Kier molecular flexibility index (Phi) is 8.53. The Bertz CT molecular complexity index is 1240.